The Bertz CT molecular complexity index is 715. The van der Waals surface area contributed by atoms with E-state index in [2.05, 4.69) is 10.3 Å². The Balaban J connectivity index is 1.78. The highest BCUT2D eigenvalue weighted by Gasteiger charge is 2.34. The number of nitrogens with two attached hydrogens (primary N) is 1. The summed E-state index contributed by atoms with van der Waals surface area (Å²) in [4.78, 5) is 23.9. The van der Waals surface area contributed by atoms with Crippen LogP contribution in [0.5, 0.6) is 0 Å². The van der Waals surface area contributed by atoms with Gasteiger partial charge in [0.1, 0.15) is 5.84 Å². The van der Waals surface area contributed by atoms with Crippen LogP contribution in [0.3, 0.4) is 0 Å². The predicted octanol–water partition coefficient (Wildman–Crippen LogP) is 2.69. The Kier molecular flexibility index (Phi) is 5.59. The SMILES string of the molecule is CCN(CC)C(=O)c1cccc(CC2=NC3(CCCCC3)N=C(N)N2)c1. The number of carbonyl (C=O) groups is 1. The molecule has 0 unspecified atom stereocenters. The number of guanidine groups is 1. The van der Waals surface area contributed by atoms with Gasteiger partial charge in [0, 0.05) is 25.1 Å². The molecule has 1 spiro atoms. The van der Waals surface area contributed by atoms with Gasteiger partial charge in [-0.2, -0.15) is 0 Å². The summed E-state index contributed by atoms with van der Waals surface area (Å²) < 4.78 is 0. The molecule has 1 saturated carbocycles. The van der Waals surface area contributed by atoms with E-state index in [-0.39, 0.29) is 11.6 Å². The Labute approximate surface area is 155 Å². The van der Waals surface area contributed by atoms with Crippen LogP contribution >= 0.6 is 0 Å². The van der Waals surface area contributed by atoms with E-state index in [0.29, 0.717) is 25.5 Å². The van der Waals surface area contributed by atoms with E-state index in [1.54, 1.807) is 0 Å². The summed E-state index contributed by atoms with van der Waals surface area (Å²) in [5, 5.41) is 3.11. The van der Waals surface area contributed by atoms with Crippen LogP contribution in [0.2, 0.25) is 0 Å². The molecule has 6 heteroatoms. The van der Waals surface area contributed by atoms with Crippen molar-refractivity contribution in [1.82, 2.24) is 10.2 Å². The number of nitrogens with one attached hydrogen (secondary N) is 1. The summed E-state index contributed by atoms with van der Waals surface area (Å²) in [5.74, 6) is 1.36. The van der Waals surface area contributed by atoms with Gasteiger partial charge in [-0.05, 0) is 57.2 Å². The highest BCUT2D eigenvalue weighted by Crippen LogP contribution is 2.34. The molecule has 3 rings (SSSR count). The van der Waals surface area contributed by atoms with Gasteiger partial charge < -0.3 is 16.0 Å². The summed E-state index contributed by atoms with van der Waals surface area (Å²) >= 11 is 0. The van der Waals surface area contributed by atoms with Gasteiger partial charge in [-0.15, -0.1) is 0 Å². The van der Waals surface area contributed by atoms with Gasteiger partial charge in [-0.3, -0.25) is 4.79 Å². The molecule has 1 aromatic rings. The molecule has 0 radical (unpaired) electrons. The molecule has 1 aliphatic heterocycles. The van der Waals surface area contributed by atoms with Crippen molar-refractivity contribution < 1.29 is 4.79 Å². The van der Waals surface area contributed by atoms with Crippen molar-refractivity contribution in [3.63, 3.8) is 0 Å². The molecule has 1 aromatic carbocycles. The third-order valence-corrected chi connectivity index (χ3v) is 5.19. The molecule has 0 atom stereocenters. The molecule has 1 aliphatic carbocycles. The van der Waals surface area contributed by atoms with E-state index in [4.69, 9.17) is 10.7 Å². The van der Waals surface area contributed by atoms with Gasteiger partial charge in [0.15, 0.2) is 11.6 Å². The number of amidine groups is 1. The van der Waals surface area contributed by atoms with E-state index >= 15 is 0 Å². The minimum absolute atomic E-state index is 0.0696. The van der Waals surface area contributed by atoms with Crippen molar-refractivity contribution in [2.75, 3.05) is 13.1 Å². The quantitative estimate of drug-likeness (QED) is 0.852. The maximum Gasteiger partial charge on any atom is 0.253 e. The van der Waals surface area contributed by atoms with Gasteiger partial charge in [0.25, 0.3) is 5.91 Å². The fourth-order valence-corrected chi connectivity index (χ4v) is 3.83. The first-order valence-corrected chi connectivity index (χ1v) is 9.64. The van der Waals surface area contributed by atoms with Crippen LogP contribution in [0.4, 0.5) is 0 Å². The van der Waals surface area contributed by atoms with Crippen molar-refractivity contribution in [1.29, 1.82) is 0 Å². The number of rotatable bonds is 5. The molecule has 3 N–H and O–H groups in total. The van der Waals surface area contributed by atoms with Crippen LogP contribution < -0.4 is 11.1 Å². The molecule has 0 aromatic heterocycles. The number of aliphatic imine (C=N–C) groups is 2. The molecule has 1 amide bonds. The zero-order valence-electron chi connectivity index (χ0n) is 15.8. The van der Waals surface area contributed by atoms with E-state index in [0.717, 1.165) is 42.6 Å². The van der Waals surface area contributed by atoms with Crippen LogP contribution in [-0.4, -0.2) is 41.4 Å². The second-order valence-corrected chi connectivity index (χ2v) is 7.08. The Morgan fingerprint density at radius 3 is 2.62 bits per heavy atom. The highest BCUT2D eigenvalue weighted by atomic mass is 16.2. The molecular formula is C20H29N5O. The standard InChI is InChI=1S/C20H29N5O/c1-3-25(4-2)18(26)16-10-8-9-15(13-16)14-17-22-19(21)24-20(23-17)11-6-5-7-12-20/h8-10,13H,3-7,11-12,14H2,1-2H3,(H3,21,22,23,24). The van der Waals surface area contributed by atoms with Crippen LogP contribution in [-0.2, 0) is 6.42 Å². The first kappa shape index (κ1) is 18.4. The lowest BCUT2D eigenvalue weighted by Gasteiger charge is -2.34. The fraction of sp³-hybridized carbons (Fsp3) is 0.550. The molecular weight excluding hydrogens is 326 g/mol. The maximum atomic E-state index is 12.6. The van der Waals surface area contributed by atoms with E-state index in [1.807, 2.05) is 43.0 Å². The van der Waals surface area contributed by atoms with E-state index < -0.39 is 0 Å². The Hall–Kier alpha value is -2.37. The van der Waals surface area contributed by atoms with E-state index in [9.17, 15) is 4.79 Å². The second kappa shape index (κ2) is 7.89. The topological polar surface area (TPSA) is 83.1 Å². The zero-order chi connectivity index (χ0) is 18.6. The average molecular weight is 355 g/mol. The Morgan fingerprint density at radius 1 is 1.19 bits per heavy atom. The van der Waals surface area contributed by atoms with Crippen LogP contribution in [0.1, 0.15) is 61.9 Å². The normalized spacial score (nSPS) is 18.7. The number of hydrogen-bond donors (Lipinski definition) is 2. The average Bonchev–Trinajstić information content (AvgIpc) is 2.62. The lowest BCUT2D eigenvalue weighted by molar-refractivity contribution is 0.0773. The fourth-order valence-electron chi connectivity index (χ4n) is 3.83. The Morgan fingerprint density at radius 2 is 1.92 bits per heavy atom. The second-order valence-electron chi connectivity index (χ2n) is 7.08. The lowest BCUT2D eigenvalue weighted by atomic mass is 9.89. The molecule has 26 heavy (non-hydrogen) atoms. The zero-order valence-corrected chi connectivity index (χ0v) is 15.8. The molecule has 1 heterocycles. The molecule has 2 aliphatic rings. The first-order chi connectivity index (χ1) is 12.5. The van der Waals surface area contributed by atoms with Crippen molar-refractivity contribution in [2.45, 2.75) is 58.0 Å². The van der Waals surface area contributed by atoms with Crippen molar-refractivity contribution in [3.05, 3.63) is 35.4 Å². The lowest BCUT2D eigenvalue weighted by Crippen LogP contribution is -2.47. The number of nitrogens with zero attached hydrogens (tertiary/aromatic N) is 3. The smallest absolute Gasteiger partial charge is 0.253 e. The van der Waals surface area contributed by atoms with Crippen molar-refractivity contribution >= 4 is 17.7 Å². The summed E-state index contributed by atoms with van der Waals surface area (Å²) in [7, 11) is 0. The van der Waals surface area contributed by atoms with Crippen LogP contribution in [0, 0.1) is 0 Å². The molecule has 140 valence electrons. The largest absolute Gasteiger partial charge is 0.370 e. The minimum atomic E-state index is -0.377. The molecule has 0 bridgehead atoms. The number of benzene rings is 1. The summed E-state index contributed by atoms with van der Waals surface area (Å²) in [5.41, 5.74) is 7.43. The number of amides is 1. The van der Waals surface area contributed by atoms with Gasteiger partial charge in [-0.1, -0.05) is 18.6 Å². The first-order valence-electron chi connectivity index (χ1n) is 9.64. The molecule has 0 saturated heterocycles. The number of carbonyl (C=O) groups excluding carboxylic acids is 1. The van der Waals surface area contributed by atoms with Crippen LogP contribution in [0.25, 0.3) is 0 Å². The van der Waals surface area contributed by atoms with Crippen molar-refractivity contribution in [3.8, 4) is 0 Å². The van der Waals surface area contributed by atoms with Gasteiger partial charge in [0.05, 0.1) is 0 Å². The third-order valence-electron chi connectivity index (χ3n) is 5.19. The van der Waals surface area contributed by atoms with Crippen LogP contribution in [0.15, 0.2) is 34.3 Å². The predicted molar refractivity (Wildman–Crippen MR) is 105 cm³/mol. The molecule has 6 nitrogen and oxygen atoms in total. The monoisotopic (exact) mass is 355 g/mol. The highest BCUT2D eigenvalue weighted by molar-refractivity contribution is 6.02. The summed E-state index contributed by atoms with van der Waals surface area (Å²) in [6.07, 6.45) is 6.06. The minimum Gasteiger partial charge on any atom is -0.370 e. The number of hydrogen-bond acceptors (Lipinski definition) is 5. The van der Waals surface area contributed by atoms with E-state index in [1.165, 1.54) is 6.42 Å². The van der Waals surface area contributed by atoms with Gasteiger partial charge in [0.2, 0.25) is 0 Å². The summed E-state index contributed by atoms with van der Waals surface area (Å²) in [6, 6.07) is 7.79. The maximum absolute atomic E-state index is 12.6. The third kappa shape index (κ3) is 4.06. The summed E-state index contributed by atoms with van der Waals surface area (Å²) in [6.45, 7) is 5.42. The van der Waals surface area contributed by atoms with Gasteiger partial charge >= 0.3 is 0 Å². The van der Waals surface area contributed by atoms with Gasteiger partial charge in [-0.25, -0.2) is 9.98 Å². The molecule has 1 fully saturated rings. The van der Waals surface area contributed by atoms with Crippen molar-refractivity contribution in [2.24, 2.45) is 15.7 Å².